The smallest absolute Gasteiger partial charge is 0.256 e. The predicted molar refractivity (Wildman–Crippen MR) is 64.0 cm³/mol. The number of amides is 1. The molecule has 0 aromatic heterocycles. The average Bonchev–Trinajstić information content (AvgIpc) is 2.34. The van der Waals surface area contributed by atoms with E-state index in [0.717, 1.165) is 23.6 Å². The Morgan fingerprint density at radius 2 is 1.82 bits per heavy atom. The molecule has 0 spiro atoms. The van der Waals surface area contributed by atoms with Crippen molar-refractivity contribution in [3.63, 3.8) is 0 Å². The van der Waals surface area contributed by atoms with E-state index in [1.165, 1.54) is 0 Å². The molecule has 1 aliphatic rings. The van der Waals surface area contributed by atoms with Crippen LogP contribution in [0.25, 0.3) is 0 Å². The summed E-state index contributed by atoms with van der Waals surface area (Å²) < 4.78 is 26.0. The highest BCUT2D eigenvalue weighted by Gasteiger charge is 2.21. The maximum absolute atomic E-state index is 13.1. The topological polar surface area (TPSA) is 46.3 Å². The number of nitrogens with zero attached hydrogens (tertiary/aromatic N) is 1. The molecular formula is C11H12F2N2OS. The third-order valence-electron chi connectivity index (χ3n) is 2.62. The van der Waals surface area contributed by atoms with Gasteiger partial charge in [-0.15, -0.1) is 0 Å². The first-order valence-corrected chi connectivity index (χ1v) is 6.36. The highest BCUT2D eigenvalue weighted by Crippen LogP contribution is 2.20. The molecule has 2 N–H and O–H groups in total. The summed E-state index contributed by atoms with van der Waals surface area (Å²) in [5, 5.41) is 0. The van der Waals surface area contributed by atoms with Gasteiger partial charge in [0, 0.05) is 36.3 Å². The summed E-state index contributed by atoms with van der Waals surface area (Å²) in [6.45, 7) is 1.23. The standard InChI is InChI=1S/C11H12F2N2OS/c12-8-5-7(10(14)6-9(8)13)11(16)15-1-3-17-4-2-15/h5-6H,1-4,14H2. The molecule has 6 heteroatoms. The Hall–Kier alpha value is -1.30. The van der Waals surface area contributed by atoms with E-state index >= 15 is 0 Å². The van der Waals surface area contributed by atoms with Crippen molar-refractivity contribution in [2.45, 2.75) is 0 Å². The molecule has 0 unspecified atom stereocenters. The monoisotopic (exact) mass is 258 g/mol. The lowest BCUT2D eigenvalue weighted by atomic mass is 10.1. The van der Waals surface area contributed by atoms with E-state index < -0.39 is 11.6 Å². The van der Waals surface area contributed by atoms with E-state index in [4.69, 9.17) is 5.73 Å². The zero-order valence-electron chi connectivity index (χ0n) is 9.08. The maximum Gasteiger partial charge on any atom is 0.256 e. The van der Waals surface area contributed by atoms with Crippen molar-refractivity contribution in [1.82, 2.24) is 4.90 Å². The van der Waals surface area contributed by atoms with Gasteiger partial charge in [-0.05, 0) is 6.07 Å². The minimum atomic E-state index is -1.05. The van der Waals surface area contributed by atoms with Gasteiger partial charge >= 0.3 is 0 Å². The number of hydrogen-bond donors (Lipinski definition) is 1. The van der Waals surface area contributed by atoms with Gasteiger partial charge in [-0.25, -0.2) is 8.78 Å². The van der Waals surface area contributed by atoms with E-state index in [9.17, 15) is 13.6 Å². The summed E-state index contributed by atoms with van der Waals surface area (Å²) >= 11 is 1.76. The van der Waals surface area contributed by atoms with Gasteiger partial charge in [0.25, 0.3) is 5.91 Å². The molecule has 1 aromatic rings. The molecule has 0 bridgehead atoms. The lowest BCUT2D eigenvalue weighted by molar-refractivity contribution is 0.0773. The van der Waals surface area contributed by atoms with Crippen molar-refractivity contribution < 1.29 is 13.6 Å². The van der Waals surface area contributed by atoms with Gasteiger partial charge < -0.3 is 10.6 Å². The van der Waals surface area contributed by atoms with Crippen LogP contribution in [-0.4, -0.2) is 35.4 Å². The first-order chi connectivity index (χ1) is 8.09. The Morgan fingerprint density at radius 3 is 2.47 bits per heavy atom. The molecule has 0 atom stereocenters. The minimum Gasteiger partial charge on any atom is -0.398 e. The predicted octanol–water partition coefficient (Wildman–Crippen LogP) is 1.74. The van der Waals surface area contributed by atoms with Crippen LogP contribution in [0.4, 0.5) is 14.5 Å². The largest absolute Gasteiger partial charge is 0.398 e. The van der Waals surface area contributed by atoms with Crippen molar-refractivity contribution in [2.75, 3.05) is 30.3 Å². The van der Waals surface area contributed by atoms with Crippen molar-refractivity contribution in [1.29, 1.82) is 0 Å². The molecule has 1 aromatic carbocycles. The summed E-state index contributed by atoms with van der Waals surface area (Å²) in [5.41, 5.74) is 5.56. The van der Waals surface area contributed by atoms with Crippen LogP contribution in [0.15, 0.2) is 12.1 Å². The summed E-state index contributed by atoms with van der Waals surface area (Å²) in [5.74, 6) is -0.700. The zero-order valence-corrected chi connectivity index (χ0v) is 9.90. The third kappa shape index (κ3) is 2.52. The average molecular weight is 258 g/mol. The fraction of sp³-hybridized carbons (Fsp3) is 0.364. The maximum atomic E-state index is 13.1. The molecule has 3 nitrogen and oxygen atoms in total. The molecule has 1 fully saturated rings. The number of carbonyl (C=O) groups is 1. The Balaban J connectivity index is 2.26. The van der Waals surface area contributed by atoms with E-state index in [0.29, 0.717) is 13.1 Å². The number of nitrogen functional groups attached to an aromatic ring is 1. The second-order valence-corrected chi connectivity index (χ2v) is 4.98. The number of nitrogens with two attached hydrogens (primary N) is 1. The van der Waals surface area contributed by atoms with E-state index in [1.54, 1.807) is 16.7 Å². The number of hydrogen-bond acceptors (Lipinski definition) is 3. The summed E-state index contributed by atoms with van der Waals surface area (Å²) in [6.07, 6.45) is 0. The van der Waals surface area contributed by atoms with Gasteiger partial charge in [-0.3, -0.25) is 4.79 Å². The fourth-order valence-corrected chi connectivity index (χ4v) is 2.59. The van der Waals surface area contributed by atoms with E-state index in [1.807, 2.05) is 0 Å². The van der Waals surface area contributed by atoms with Gasteiger partial charge in [0.1, 0.15) is 0 Å². The normalized spacial score (nSPS) is 16.0. The van der Waals surface area contributed by atoms with Crippen molar-refractivity contribution in [3.05, 3.63) is 29.3 Å². The molecule has 92 valence electrons. The van der Waals surface area contributed by atoms with Crippen molar-refractivity contribution >= 4 is 23.4 Å². The van der Waals surface area contributed by atoms with Crippen LogP contribution in [0.2, 0.25) is 0 Å². The van der Waals surface area contributed by atoms with E-state index in [-0.39, 0.29) is 17.2 Å². The number of rotatable bonds is 1. The highest BCUT2D eigenvalue weighted by atomic mass is 32.2. The van der Waals surface area contributed by atoms with Crippen LogP contribution in [0.5, 0.6) is 0 Å². The molecule has 1 amide bonds. The Bertz CT molecular complexity index is 447. The van der Waals surface area contributed by atoms with Gasteiger partial charge in [-0.1, -0.05) is 0 Å². The lowest BCUT2D eigenvalue weighted by Crippen LogP contribution is -2.38. The van der Waals surface area contributed by atoms with Gasteiger partial charge in [0.15, 0.2) is 11.6 Å². The summed E-state index contributed by atoms with van der Waals surface area (Å²) in [7, 11) is 0. The fourth-order valence-electron chi connectivity index (χ4n) is 1.68. The lowest BCUT2D eigenvalue weighted by Gasteiger charge is -2.26. The number of thioether (sulfide) groups is 1. The molecule has 0 radical (unpaired) electrons. The molecule has 1 heterocycles. The molecule has 1 saturated heterocycles. The number of anilines is 1. The SMILES string of the molecule is Nc1cc(F)c(F)cc1C(=O)N1CCSCC1. The molecule has 17 heavy (non-hydrogen) atoms. The van der Waals surface area contributed by atoms with Crippen LogP contribution < -0.4 is 5.73 Å². The van der Waals surface area contributed by atoms with E-state index in [2.05, 4.69) is 0 Å². The van der Waals surface area contributed by atoms with Crippen LogP contribution in [-0.2, 0) is 0 Å². The van der Waals surface area contributed by atoms with Gasteiger partial charge in [-0.2, -0.15) is 11.8 Å². The second-order valence-electron chi connectivity index (χ2n) is 3.76. The molecule has 1 aliphatic heterocycles. The minimum absolute atomic E-state index is 0.0212. The number of benzene rings is 1. The first kappa shape index (κ1) is 12.2. The number of halogens is 2. The van der Waals surface area contributed by atoms with Gasteiger partial charge in [0.2, 0.25) is 0 Å². The van der Waals surface area contributed by atoms with Crippen LogP contribution in [0.1, 0.15) is 10.4 Å². The molecule has 0 aliphatic carbocycles. The zero-order chi connectivity index (χ0) is 12.4. The van der Waals surface area contributed by atoms with Crippen LogP contribution in [0, 0.1) is 11.6 Å². The van der Waals surface area contributed by atoms with Crippen LogP contribution >= 0.6 is 11.8 Å². The number of carbonyl (C=O) groups excluding carboxylic acids is 1. The van der Waals surface area contributed by atoms with Crippen LogP contribution in [0.3, 0.4) is 0 Å². The quantitative estimate of drug-likeness (QED) is 0.780. The molecule has 2 rings (SSSR count). The molecular weight excluding hydrogens is 246 g/mol. The Morgan fingerprint density at radius 1 is 1.24 bits per heavy atom. The second kappa shape index (κ2) is 4.91. The van der Waals surface area contributed by atoms with Gasteiger partial charge in [0.05, 0.1) is 5.56 Å². The van der Waals surface area contributed by atoms with Crippen molar-refractivity contribution in [3.8, 4) is 0 Å². The Kier molecular flexibility index (Phi) is 3.51. The van der Waals surface area contributed by atoms with Crippen molar-refractivity contribution in [2.24, 2.45) is 0 Å². The summed E-state index contributed by atoms with van der Waals surface area (Å²) in [6, 6.07) is 1.72. The third-order valence-corrected chi connectivity index (χ3v) is 3.56. The molecule has 0 saturated carbocycles. The summed E-state index contributed by atoms with van der Waals surface area (Å²) in [4.78, 5) is 13.6. The first-order valence-electron chi connectivity index (χ1n) is 5.21. The highest BCUT2D eigenvalue weighted by molar-refractivity contribution is 7.99. The Labute approximate surface area is 102 Å².